The Morgan fingerprint density at radius 3 is 2.67 bits per heavy atom. The van der Waals surface area contributed by atoms with Crippen LogP contribution in [-0.2, 0) is 0 Å². The summed E-state index contributed by atoms with van der Waals surface area (Å²) in [6.45, 7) is 4.79. The number of nitrogens with zero attached hydrogens (tertiary/aromatic N) is 4. The highest BCUT2D eigenvalue weighted by molar-refractivity contribution is 5.59. The minimum atomic E-state index is 0.647. The summed E-state index contributed by atoms with van der Waals surface area (Å²) in [6, 6.07) is 14.0. The second-order valence-electron chi connectivity index (χ2n) is 4.71. The first kappa shape index (κ1) is 13.3. The maximum atomic E-state index is 4.57. The van der Waals surface area contributed by atoms with Crippen LogP contribution in [0.1, 0.15) is 12.6 Å². The fourth-order valence-electron chi connectivity index (χ4n) is 2.21. The van der Waals surface area contributed by atoms with Crippen LogP contribution in [0, 0.1) is 6.92 Å². The van der Waals surface area contributed by atoms with E-state index in [1.807, 2.05) is 61.0 Å². The van der Waals surface area contributed by atoms with Crippen LogP contribution in [-0.4, -0.2) is 26.3 Å². The lowest BCUT2D eigenvalue weighted by Crippen LogP contribution is -2.05. The number of aromatic nitrogens is 4. The maximum absolute atomic E-state index is 4.57. The zero-order chi connectivity index (χ0) is 14.7. The van der Waals surface area contributed by atoms with E-state index < -0.39 is 0 Å². The molecule has 0 saturated heterocycles. The molecule has 106 valence electrons. The van der Waals surface area contributed by atoms with Gasteiger partial charge in [0, 0.05) is 12.2 Å². The Hall–Kier alpha value is -2.69. The van der Waals surface area contributed by atoms with Crippen LogP contribution in [0.15, 0.2) is 48.7 Å². The largest absolute Gasteiger partial charge is 0.354 e. The molecule has 0 fully saturated rings. The third-order valence-electron chi connectivity index (χ3n) is 3.10. The second kappa shape index (κ2) is 5.75. The number of aryl methyl sites for hydroxylation is 1. The van der Waals surface area contributed by atoms with E-state index in [0.29, 0.717) is 5.95 Å². The van der Waals surface area contributed by atoms with Gasteiger partial charge in [-0.15, -0.1) is 0 Å². The highest BCUT2D eigenvalue weighted by atomic mass is 15.3. The Morgan fingerprint density at radius 1 is 1.10 bits per heavy atom. The Bertz CT molecular complexity index is 733. The summed E-state index contributed by atoms with van der Waals surface area (Å²) in [5.74, 6) is 0.647. The van der Waals surface area contributed by atoms with Gasteiger partial charge in [0.2, 0.25) is 5.95 Å². The second-order valence-corrected chi connectivity index (χ2v) is 4.71. The summed E-state index contributed by atoms with van der Waals surface area (Å²) in [5, 5.41) is 7.56. The lowest BCUT2D eigenvalue weighted by atomic mass is 10.2. The van der Waals surface area contributed by atoms with Crippen molar-refractivity contribution in [1.29, 1.82) is 0 Å². The average molecular weight is 279 g/mol. The van der Waals surface area contributed by atoms with E-state index in [0.717, 1.165) is 29.3 Å². The summed E-state index contributed by atoms with van der Waals surface area (Å²) in [5.41, 5.74) is 3.75. The van der Waals surface area contributed by atoms with Crippen molar-refractivity contribution in [3.63, 3.8) is 0 Å². The average Bonchev–Trinajstić information content (AvgIpc) is 2.97. The van der Waals surface area contributed by atoms with Gasteiger partial charge < -0.3 is 5.32 Å². The normalized spacial score (nSPS) is 10.6. The van der Waals surface area contributed by atoms with Crippen LogP contribution < -0.4 is 5.32 Å². The molecule has 2 heterocycles. The molecule has 21 heavy (non-hydrogen) atoms. The third kappa shape index (κ3) is 2.76. The topological polar surface area (TPSA) is 55.6 Å². The minimum absolute atomic E-state index is 0.647. The molecule has 0 spiro atoms. The highest BCUT2D eigenvalue weighted by Crippen LogP contribution is 2.22. The molecule has 0 saturated carbocycles. The van der Waals surface area contributed by atoms with Crippen LogP contribution in [0.2, 0.25) is 0 Å². The SMILES string of the molecule is CCNc1nc(C)cc(-c2ccnn2-c2ccccc2)n1. The number of nitrogens with one attached hydrogen (secondary N) is 1. The molecule has 3 aromatic rings. The minimum Gasteiger partial charge on any atom is -0.354 e. The molecular weight excluding hydrogens is 262 g/mol. The Balaban J connectivity index is 2.08. The van der Waals surface area contributed by atoms with Crippen LogP contribution >= 0.6 is 0 Å². The molecule has 0 aliphatic carbocycles. The van der Waals surface area contributed by atoms with Gasteiger partial charge in [-0.25, -0.2) is 14.6 Å². The summed E-state index contributed by atoms with van der Waals surface area (Å²) < 4.78 is 1.89. The highest BCUT2D eigenvalue weighted by Gasteiger charge is 2.10. The molecular formula is C16H17N5. The van der Waals surface area contributed by atoms with Crippen molar-refractivity contribution in [2.75, 3.05) is 11.9 Å². The fourth-order valence-corrected chi connectivity index (χ4v) is 2.21. The summed E-state index contributed by atoms with van der Waals surface area (Å²) in [6.07, 6.45) is 1.78. The first-order chi connectivity index (χ1) is 10.3. The lowest BCUT2D eigenvalue weighted by Gasteiger charge is -2.09. The number of hydrogen-bond donors (Lipinski definition) is 1. The summed E-state index contributed by atoms with van der Waals surface area (Å²) in [7, 11) is 0. The zero-order valence-electron chi connectivity index (χ0n) is 12.1. The van der Waals surface area contributed by atoms with Crippen molar-refractivity contribution in [2.45, 2.75) is 13.8 Å². The molecule has 0 atom stereocenters. The monoisotopic (exact) mass is 279 g/mol. The van der Waals surface area contributed by atoms with Gasteiger partial charge in [-0.1, -0.05) is 18.2 Å². The van der Waals surface area contributed by atoms with E-state index >= 15 is 0 Å². The quantitative estimate of drug-likeness (QED) is 0.797. The van der Waals surface area contributed by atoms with Crippen LogP contribution in [0.25, 0.3) is 17.1 Å². The summed E-state index contributed by atoms with van der Waals surface area (Å²) >= 11 is 0. The molecule has 0 amide bonds. The Kier molecular flexibility index (Phi) is 3.64. The predicted molar refractivity (Wildman–Crippen MR) is 83.5 cm³/mol. The zero-order valence-corrected chi connectivity index (χ0v) is 12.1. The number of anilines is 1. The Labute approximate surface area is 123 Å². The van der Waals surface area contributed by atoms with Gasteiger partial charge in [0.05, 0.1) is 23.3 Å². The molecule has 1 aromatic carbocycles. The lowest BCUT2D eigenvalue weighted by molar-refractivity contribution is 0.882. The number of rotatable bonds is 4. The molecule has 0 aliphatic rings. The predicted octanol–water partition coefficient (Wildman–Crippen LogP) is 3.07. The van der Waals surface area contributed by atoms with Crippen molar-refractivity contribution in [2.24, 2.45) is 0 Å². The fraction of sp³-hybridized carbons (Fsp3) is 0.188. The van der Waals surface area contributed by atoms with E-state index in [1.54, 1.807) is 6.20 Å². The molecule has 5 heteroatoms. The maximum Gasteiger partial charge on any atom is 0.223 e. The molecule has 3 rings (SSSR count). The molecule has 2 aromatic heterocycles. The van der Waals surface area contributed by atoms with E-state index in [1.165, 1.54) is 0 Å². The standard InChI is InChI=1S/C16H17N5/c1-3-17-16-19-12(2)11-14(20-16)15-9-10-18-21(15)13-7-5-4-6-8-13/h4-11H,3H2,1-2H3,(H,17,19,20). The first-order valence-corrected chi connectivity index (χ1v) is 6.97. The van der Waals surface area contributed by atoms with E-state index in [-0.39, 0.29) is 0 Å². The first-order valence-electron chi connectivity index (χ1n) is 6.97. The van der Waals surface area contributed by atoms with Gasteiger partial charge in [-0.05, 0) is 38.1 Å². The smallest absolute Gasteiger partial charge is 0.223 e. The molecule has 0 bridgehead atoms. The number of para-hydroxylation sites is 1. The Morgan fingerprint density at radius 2 is 1.90 bits per heavy atom. The van der Waals surface area contributed by atoms with Gasteiger partial charge in [0.1, 0.15) is 0 Å². The molecule has 0 radical (unpaired) electrons. The van der Waals surface area contributed by atoms with Crippen molar-refractivity contribution < 1.29 is 0 Å². The van der Waals surface area contributed by atoms with E-state index in [9.17, 15) is 0 Å². The van der Waals surface area contributed by atoms with Crippen molar-refractivity contribution in [3.05, 3.63) is 54.4 Å². The van der Waals surface area contributed by atoms with E-state index in [2.05, 4.69) is 20.4 Å². The van der Waals surface area contributed by atoms with Gasteiger partial charge in [0.15, 0.2) is 0 Å². The van der Waals surface area contributed by atoms with Crippen molar-refractivity contribution in [3.8, 4) is 17.1 Å². The molecule has 0 unspecified atom stereocenters. The van der Waals surface area contributed by atoms with Crippen molar-refractivity contribution >= 4 is 5.95 Å². The van der Waals surface area contributed by atoms with E-state index in [4.69, 9.17) is 0 Å². The molecule has 5 nitrogen and oxygen atoms in total. The number of hydrogen-bond acceptors (Lipinski definition) is 4. The van der Waals surface area contributed by atoms with Crippen LogP contribution in [0.3, 0.4) is 0 Å². The summed E-state index contributed by atoms with van der Waals surface area (Å²) in [4.78, 5) is 8.95. The van der Waals surface area contributed by atoms with Crippen LogP contribution in [0.5, 0.6) is 0 Å². The van der Waals surface area contributed by atoms with Gasteiger partial charge in [0.25, 0.3) is 0 Å². The molecule has 0 aliphatic heterocycles. The van der Waals surface area contributed by atoms with Crippen molar-refractivity contribution in [1.82, 2.24) is 19.7 Å². The van der Waals surface area contributed by atoms with Gasteiger partial charge in [-0.3, -0.25) is 0 Å². The third-order valence-corrected chi connectivity index (χ3v) is 3.10. The van der Waals surface area contributed by atoms with Crippen LogP contribution in [0.4, 0.5) is 5.95 Å². The number of benzene rings is 1. The van der Waals surface area contributed by atoms with Gasteiger partial charge in [-0.2, -0.15) is 5.10 Å². The molecule has 1 N–H and O–H groups in total. The van der Waals surface area contributed by atoms with Gasteiger partial charge >= 0.3 is 0 Å².